The topological polar surface area (TPSA) is 86.1 Å². The zero-order valence-corrected chi connectivity index (χ0v) is 20.2. The van der Waals surface area contributed by atoms with Gasteiger partial charge in [0.15, 0.2) is 0 Å². The van der Waals surface area contributed by atoms with Crippen molar-refractivity contribution in [2.75, 3.05) is 13.1 Å². The van der Waals surface area contributed by atoms with Crippen LogP contribution >= 0.6 is 0 Å². The lowest BCUT2D eigenvalue weighted by atomic mass is 9.99. The molecule has 0 bridgehead atoms. The Morgan fingerprint density at radius 3 is 2.43 bits per heavy atom. The van der Waals surface area contributed by atoms with Gasteiger partial charge in [-0.3, -0.25) is 14.6 Å². The molecular weight excluding hydrogens is 436 g/mol. The fourth-order valence-electron chi connectivity index (χ4n) is 5.48. The van der Waals surface area contributed by atoms with Gasteiger partial charge in [-0.1, -0.05) is 23.8 Å². The second-order valence-corrected chi connectivity index (χ2v) is 9.75. The molecule has 35 heavy (non-hydrogen) atoms. The van der Waals surface area contributed by atoms with Crippen molar-refractivity contribution in [3.8, 4) is 17.3 Å². The number of nitrogens with zero attached hydrogens (tertiary/aromatic N) is 3. The van der Waals surface area contributed by atoms with Gasteiger partial charge in [-0.2, -0.15) is 5.26 Å². The van der Waals surface area contributed by atoms with Gasteiger partial charge in [0.1, 0.15) is 0 Å². The van der Waals surface area contributed by atoms with E-state index < -0.39 is 0 Å². The highest BCUT2D eigenvalue weighted by molar-refractivity contribution is 6.00. The van der Waals surface area contributed by atoms with Crippen LogP contribution in [0, 0.1) is 49.9 Å². The lowest BCUT2D eigenvalue weighted by Crippen LogP contribution is -2.35. The van der Waals surface area contributed by atoms with Crippen molar-refractivity contribution < 1.29 is 9.59 Å². The molecule has 6 nitrogen and oxygen atoms in total. The molecule has 1 unspecified atom stereocenters. The molecule has 2 fully saturated rings. The number of rotatable bonds is 5. The summed E-state index contributed by atoms with van der Waals surface area (Å²) in [5.74, 6) is 0.410. The fraction of sp³-hybridized carbons (Fsp3) is 0.310. The minimum absolute atomic E-state index is 0.0233. The van der Waals surface area contributed by atoms with Crippen molar-refractivity contribution in [3.05, 3.63) is 88.1 Å². The fourth-order valence-corrected chi connectivity index (χ4v) is 5.48. The van der Waals surface area contributed by atoms with Crippen LogP contribution in [0.15, 0.2) is 54.7 Å². The summed E-state index contributed by atoms with van der Waals surface area (Å²) in [5, 5.41) is 12.2. The average molecular weight is 465 g/mol. The molecule has 3 aromatic rings. The number of hydrogen-bond acceptors (Lipinski definition) is 4. The van der Waals surface area contributed by atoms with Crippen LogP contribution in [-0.4, -0.2) is 34.8 Å². The Balaban J connectivity index is 1.22. The summed E-state index contributed by atoms with van der Waals surface area (Å²) in [6.45, 7) is 7.60. The number of pyridine rings is 1. The van der Waals surface area contributed by atoms with Crippen LogP contribution in [0.5, 0.6) is 0 Å². The number of piperidine rings is 1. The summed E-state index contributed by atoms with van der Waals surface area (Å²) in [7, 11) is 0. The van der Waals surface area contributed by atoms with Crippen LogP contribution in [0.3, 0.4) is 0 Å². The molecule has 2 amide bonds. The van der Waals surface area contributed by atoms with Gasteiger partial charge < -0.3 is 10.2 Å². The number of aromatic nitrogens is 1. The van der Waals surface area contributed by atoms with E-state index in [0.717, 1.165) is 27.8 Å². The van der Waals surface area contributed by atoms with E-state index in [2.05, 4.69) is 16.4 Å². The summed E-state index contributed by atoms with van der Waals surface area (Å²) in [4.78, 5) is 32.6. The van der Waals surface area contributed by atoms with Gasteiger partial charge in [-0.25, -0.2) is 0 Å². The first-order chi connectivity index (χ1) is 16.9. The Bertz CT molecular complexity index is 1340. The number of fused-ring (bicyclic) bond motifs is 1. The standard InChI is InChI=1S/C29H28N4O2/c1-17-6-4-7-21(10-17)27-22(8-5-9-31-27)29(35)33-15-24-25(16-33)26(24)28(34)32-14-23-18(2)11-20(13-30)12-19(23)3/h4-12,24-26H,14-16H2,1-3H3,(H,32,34)/t24-,25+,26?. The van der Waals surface area contributed by atoms with Crippen molar-refractivity contribution >= 4 is 11.8 Å². The molecule has 5 rings (SSSR count). The smallest absolute Gasteiger partial charge is 0.256 e. The first kappa shape index (κ1) is 22.8. The van der Waals surface area contributed by atoms with E-state index in [4.69, 9.17) is 5.26 Å². The van der Waals surface area contributed by atoms with Gasteiger partial charge in [0.05, 0.1) is 22.9 Å². The Morgan fingerprint density at radius 1 is 1.06 bits per heavy atom. The maximum atomic E-state index is 13.4. The van der Waals surface area contributed by atoms with E-state index in [1.165, 1.54) is 0 Å². The van der Waals surface area contributed by atoms with Crippen LogP contribution < -0.4 is 5.32 Å². The Morgan fingerprint density at radius 2 is 1.77 bits per heavy atom. The number of hydrogen-bond donors (Lipinski definition) is 1. The van der Waals surface area contributed by atoms with Gasteiger partial charge in [-0.05, 0) is 79.6 Å². The minimum atomic E-state index is -0.0387. The minimum Gasteiger partial charge on any atom is -0.352 e. The lowest BCUT2D eigenvalue weighted by Gasteiger charge is -2.21. The van der Waals surface area contributed by atoms with Gasteiger partial charge in [-0.15, -0.1) is 0 Å². The van der Waals surface area contributed by atoms with Crippen molar-refractivity contribution in [1.29, 1.82) is 5.26 Å². The first-order valence-electron chi connectivity index (χ1n) is 12.0. The first-order valence-corrected chi connectivity index (χ1v) is 12.0. The number of carbonyl (C=O) groups is 2. The van der Waals surface area contributed by atoms with E-state index in [1.807, 2.05) is 68.1 Å². The second-order valence-electron chi connectivity index (χ2n) is 9.75. The summed E-state index contributed by atoms with van der Waals surface area (Å²) in [6.07, 6.45) is 1.72. The molecule has 2 aromatic carbocycles. The molecule has 0 spiro atoms. The molecule has 1 saturated carbocycles. The van der Waals surface area contributed by atoms with Crippen molar-refractivity contribution in [3.63, 3.8) is 0 Å². The predicted molar refractivity (Wildman–Crippen MR) is 133 cm³/mol. The maximum Gasteiger partial charge on any atom is 0.256 e. The molecule has 1 saturated heterocycles. The third kappa shape index (κ3) is 4.30. The number of benzene rings is 2. The summed E-state index contributed by atoms with van der Waals surface area (Å²) in [6, 6.07) is 17.5. The SMILES string of the molecule is Cc1cccc(-c2ncccc2C(=O)N2C[C@@H]3C(C(=O)NCc4c(C)cc(C#N)cc4C)[C@@H]3C2)c1. The third-order valence-corrected chi connectivity index (χ3v) is 7.38. The highest BCUT2D eigenvalue weighted by Gasteiger charge is 2.60. The van der Waals surface area contributed by atoms with Gasteiger partial charge >= 0.3 is 0 Å². The van der Waals surface area contributed by atoms with Crippen LogP contribution in [0.2, 0.25) is 0 Å². The van der Waals surface area contributed by atoms with E-state index in [1.54, 1.807) is 12.3 Å². The van der Waals surface area contributed by atoms with Crippen LogP contribution in [0.4, 0.5) is 0 Å². The van der Waals surface area contributed by atoms with Gasteiger partial charge in [0.25, 0.3) is 5.91 Å². The Kier molecular flexibility index (Phi) is 5.86. The molecule has 1 N–H and O–H groups in total. The lowest BCUT2D eigenvalue weighted by molar-refractivity contribution is -0.123. The second kappa shape index (κ2) is 8.99. The molecule has 0 radical (unpaired) electrons. The molecule has 6 heteroatoms. The van der Waals surface area contributed by atoms with E-state index in [0.29, 0.717) is 36.5 Å². The third-order valence-electron chi connectivity index (χ3n) is 7.38. The average Bonchev–Trinajstić information content (AvgIpc) is 3.36. The van der Waals surface area contributed by atoms with E-state index >= 15 is 0 Å². The van der Waals surface area contributed by atoms with E-state index in [-0.39, 0.29) is 29.6 Å². The normalized spacial score (nSPS) is 20.2. The van der Waals surface area contributed by atoms with Gasteiger partial charge in [0, 0.05) is 37.3 Å². The number of likely N-dealkylation sites (tertiary alicyclic amines) is 1. The van der Waals surface area contributed by atoms with E-state index in [9.17, 15) is 9.59 Å². The number of nitrogens with one attached hydrogen (secondary N) is 1. The van der Waals surface area contributed by atoms with Crippen LogP contribution in [0.25, 0.3) is 11.3 Å². The molecular formula is C29H28N4O2. The number of aryl methyl sites for hydroxylation is 3. The molecule has 1 aliphatic carbocycles. The molecule has 2 heterocycles. The molecule has 1 aromatic heterocycles. The number of amides is 2. The van der Waals surface area contributed by atoms with Gasteiger partial charge in [0.2, 0.25) is 5.91 Å². The molecule has 1 aliphatic heterocycles. The number of nitriles is 1. The Labute approximate surface area is 205 Å². The highest BCUT2D eigenvalue weighted by Crippen LogP contribution is 2.52. The molecule has 3 atom stereocenters. The zero-order valence-electron chi connectivity index (χ0n) is 20.2. The Hall–Kier alpha value is -3.98. The monoisotopic (exact) mass is 464 g/mol. The molecule has 176 valence electrons. The van der Waals surface area contributed by atoms with Crippen molar-refractivity contribution in [2.45, 2.75) is 27.3 Å². The highest BCUT2D eigenvalue weighted by atomic mass is 16.2. The predicted octanol–water partition coefficient (Wildman–Crippen LogP) is 4.18. The van der Waals surface area contributed by atoms with Crippen molar-refractivity contribution in [2.24, 2.45) is 17.8 Å². The largest absolute Gasteiger partial charge is 0.352 e. The van der Waals surface area contributed by atoms with Crippen molar-refractivity contribution in [1.82, 2.24) is 15.2 Å². The van der Waals surface area contributed by atoms with Crippen LogP contribution in [-0.2, 0) is 11.3 Å². The zero-order chi connectivity index (χ0) is 24.7. The maximum absolute atomic E-state index is 13.4. The van der Waals surface area contributed by atoms with Crippen LogP contribution in [0.1, 0.15) is 38.2 Å². The summed E-state index contributed by atoms with van der Waals surface area (Å²) < 4.78 is 0. The molecule has 2 aliphatic rings. The number of carbonyl (C=O) groups excluding carboxylic acids is 2. The summed E-state index contributed by atoms with van der Waals surface area (Å²) >= 11 is 0. The summed E-state index contributed by atoms with van der Waals surface area (Å²) in [5.41, 5.74) is 7.07. The quantitative estimate of drug-likeness (QED) is 0.614.